The number of ether oxygens (including phenoxy) is 3. The summed E-state index contributed by atoms with van der Waals surface area (Å²) in [7, 11) is 0. The molecule has 0 spiro atoms. The molecule has 1 aliphatic heterocycles. The maximum Gasteiger partial charge on any atom is 0.331 e. The number of rotatable bonds is 3. The maximum absolute atomic E-state index is 12.2. The lowest BCUT2D eigenvalue weighted by molar-refractivity contribution is -0.149. The summed E-state index contributed by atoms with van der Waals surface area (Å²) < 4.78 is 16.4. The van der Waals surface area contributed by atoms with Gasteiger partial charge in [0, 0.05) is 11.5 Å². The number of carbonyl (C=O) groups excluding carboxylic acids is 1. The predicted molar refractivity (Wildman–Crippen MR) is 92.8 cm³/mol. The summed E-state index contributed by atoms with van der Waals surface area (Å²) in [6.45, 7) is 11.4. The van der Waals surface area contributed by atoms with Crippen LogP contribution in [0.3, 0.4) is 0 Å². The summed E-state index contributed by atoms with van der Waals surface area (Å²) in [5.41, 5.74) is 0.976. The molecule has 0 N–H and O–H groups in total. The summed E-state index contributed by atoms with van der Waals surface area (Å²) in [6, 6.07) is 5.59. The van der Waals surface area contributed by atoms with E-state index in [1.54, 1.807) is 6.08 Å². The number of carbonyl (C=O) groups is 1. The molecule has 4 nitrogen and oxygen atoms in total. The van der Waals surface area contributed by atoms with Gasteiger partial charge in [0.25, 0.3) is 0 Å². The Hall–Kier alpha value is -1.97. The Morgan fingerprint density at radius 3 is 2.54 bits per heavy atom. The van der Waals surface area contributed by atoms with Crippen molar-refractivity contribution < 1.29 is 19.0 Å². The number of hydrogen-bond acceptors (Lipinski definition) is 4. The van der Waals surface area contributed by atoms with E-state index in [0.29, 0.717) is 11.7 Å². The van der Waals surface area contributed by atoms with Crippen LogP contribution in [0.1, 0.15) is 46.6 Å². The SMILES string of the molecule is CC1CC(OC(=O)/C=C/c2ccc3c(c2)OCO3)C(C)(C)C1(C)C. The Kier molecular flexibility index (Phi) is 4.10. The molecule has 3 rings (SSSR count). The standard InChI is InChI=1S/C20H26O4/c1-13-10-17(20(4,5)19(13,2)3)24-18(21)9-7-14-6-8-15-16(11-14)23-12-22-15/h6-9,11,13,17H,10,12H2,1-5H3/b9-7+. The van der Waals surface area contributed by atoms with Crippen LogP contribution in [0.25, 0.3) is 6.08 Å². The van der Waals surface area contributed by atoms with Crippen molar-refractivity contribution in [3.8, 4) is 11.5 Å². The second-order valence-corrected chi connectivity index (χ2v) is 7.95. The van der Waals surface area contributed by atoms with Gasteiger partial charge in [-0.05, 0) is 41.5 Å². The van der Waals surface area contributed by atoms with Gasteiger partial charge in [-0.1, -0.05) is 40.7 Å². The smallest absolute Gasteiger partial charge is 0.331 e. The van der Waals surface area contributed by atoms with Gasteiger partial charge in [-0.3, -0.25) is 0 Å². The van der Waals surface area contributed by atoms with Crippen LogP contribution in [-0.2, 0) is 9.53 Å². The van der Waals surface area contributed by atoms with Crippen LogP contribution in [0.5, 0.6) is 11.5 Å². The zero-order valence-corrected chi connectivity index (χ0v) is 15.1. The molecule has 1 aromatic rings. The fourth-order valence-electron chi connectivity index (χ4n) is 3.52. The van der Waals surface area contributed by atoms with Gasteiger partial charge in [0.2, 0.25) is 6.79 Å². The third-order valence-electron chi connectivity index (χ3n) is 6.33. The van der Waals surface area contributed by atoms with Crippen LogP contribution in [0, 0.1) is 16.7 Å². The highest BCUT2D eigenvalue weighted by Crippen LogP contribution is 2.56. The fraction of sp³-hybridized carbons (Fsp3) is 0.550. The molecule has 1 heterocycles. The van der Waals surface area contributed by atoms with Crippen LogP contribution in [-0.4, -0.2) is 18.9 Å². The number of hydrogen-bond donors (Lipinski definition) is 0. The van der Waals surface area contributed by atoms with Crippen molar-refractivity contribution in [2.75, 3.05) is 6.79 Å². The zero-order chi connectivity index (χ0) is 17.5. The van der Waals surface area contributed by atoms with Crippen molar-refractivity contribution in [1.29, 1.82) is 0 Å². The van der Waals surface area contributed by atoms with Crippen molar-refractivity contribution in [2.24, 2.45) is 16.7 Å². The molecule has 0 amide bonds. The van der Waals surface area contributed by atoms with Crippen LogP contribution in [0.4, 0.5) is 0 Å². The van der Waals surface area contributed by atoms with Crippen molar-refractivity contribution >= 4 is 12.0 Å². The molecule has 0 aromatic heterocycles. The second-order valence-electron chi connectivity index (χ2n) is 7.95. The highest BCUT2D eigenvalue weighted by atomic mass is 16.7. The first-order valence-corrected chi connectivity index (χ1v) is 8.50. The summed E-state index contributed by atoms with van der Waals surface area (Å²) in [6.07, 6.45) is 4.09. The molecule has 130 valence electrons. The normalized spacial score (nSPS) is 26.7. The van der Waals surface area contributed by atoms with Crippen molar-refractivity contribution in [1.82, 2.24) is 0 Å². The first-order valence-electron chi connectivity index (χ1n) is 8.50. The van der Waals surface area contributed by atoms with Crippen LogP contribution in [0.2, 0.25) is 0 Å². The van der Waals surface area contributed by atoms with Gasteiger partial charge in [-0.2, -0.15) is 0 Å². The van der Waals surface area contributed by atoms with Gasteiger partial charge < -0.3 is 14.2 Å². The average molecular weight is 330 g/mol. The van der Waals surface area contributed by atoms with E-state index in [1.807, 2.05) is 18.2 Å². The molecule has 1 aliphatic carbocycles. The molecule has 0 radical (unpaired) electrons. The van der Waals surface area contributed by atoms with Gasteiger partial charge in [0.05, 0.1) is 0 Å². The Bertz CT molecular complexity index is 672. The average Bonchev–Trinajstić information content (AvgIpc) is 3.04. The van der Waals surface area contributed by atoms with Crippen LogP contribution in [0.15, 0.2) is 24.3 Å². The van der Waals surface area contributed by atoms with E-state index < -0.39 is 0 Å². The van der Waals surface area contributed by atoms with Gasteiger partial charge in [0.15, 0.2) is 11.5 Å². The highest BCUT2D eigenvalue weighted by Gasteiger charge is 2.54. The zero-order valence-electron chi connectivity index (χ0n) is 15.1. The summed E-state index contributed by atoms with van der Waals surface area (Å²) in [4.78, 5) is 12.2. The summed E-state index contributed by atoms with van der Waals surface area (Å²) >= 11 is 0. The van der Waals surface area contributed by atoms with Gasteiger partial charge in [0.1, 0.15) is 6.10 Å². The first-order chi connectivity index (χ1) is 11.2. The molecular weight excluding hydrogens is 304 g/mol. The highest BCUT2D eigenvalue weighted by molar-refractivity contribution is 5.87. The lowest BCUT2D eigenvalue weighted by Crippen LogP contribution is -2.38. The van der Waals surface area contributed by atoms with E-state index in [-0.39, 0.29) is 29.7 Å². The van der Waals surface area contributed by atoms with Gasteiger partial charge in [-0.15, -0.1) is 0 Å². The number of benzene rings is 1. The molecule has 4 heteroatoms. The molecule has 0 bridgehead atoms. The van der Waals surface area contributed by atoms with Gasteiger partial charge in [-0.25, -0.2) is 4.79 Å². The van der Waals surface area contributed by atoms with E-state index in [2.05, 4.69) is 34.6 Å². The Morgan fingerprint density at radius 1 is 1.17 bits per heavy atom. The molecule has 2 atom stereocenters. The number of fused-ring (bicyclic) bond motifs is 1. The minimum absolute atomic E-state index is 0.0470. The Morgan fingerprint density at radius 2 is 1.88 bits per heavy atom. The topological polar surface area (TPSA) is 44.8 Å². The summed E-state index contributed by atoms with van der Waals surface area (Å²) in [5.74, 6) is 1.66. The van der Waals surface area contributed by atoms with E-state index in [1.165, 1.54) is 6.08 Å². The predicted octanol–water partition coefficient (Wildman–Crippen LogP) is 4.43. The fourth-order valence-corrected chi connectivity index (χ4v) is 3.52. The van der Waals surface area contributed by atoms with Crippen molar-refractivity contribution in [3.63, 3.8) is 0 Å². The minimum Gasteiger partial charge on any atom is -0.459 e. The second kappa shape index (κ2) is 5.83. The minimum atomic E-state index is -0.296. The molecule has 1 aromatic carbocycles. The monoisotopic (exact) mass is 330 g/mol. The van der Waals surface area contributed by atoms with E-state index in [9.17, 15) is 4.79 Å². The first kappa shape index (κ1) is 16.9. The molecule has 1 fully saturated rings. The Labute approximate surface area is 143 Å². The van der Waals surface area contributed by atoms with Crippen LogP contribution >= 0.6 is 0 Å². The molecular formula is C20H26O4. The quantitative estimate of drug-likeness (QED) is 0.607. The van der Waals surface area contributed by atoms with Crippen molar-refractivity contribution in [3.05, 3.63) is 29.8 Å². The lowest BCUT2D eigenvalue weighted by Gasteiger charge is -2.40. The van der Waals surface area contributed by atoms with Crippen LogP contribution < -0.4 is 9.47 Å². The molecule has 2 unspecified atom stereocenters. The largest absolute Gasteiger partial charge is 0.459 e. The summed E-state index contributed by atoms with van der Waals surface area (Å²) in [5, 5.41) is 0. The molecule has 0 saturated heterocycles. The van der Waals surface area contributed by atoms with E-state index in [4.69, 9.17) is 14.2 Å². The molecule has 1 saturated carbocycles. The van der Waals surface area contributed by atoms with E-state index in [0.717, 1.165) is 17.7 Å². The maximum atomic E-state index is 12.2. The van der Waals surface area contributed by atoms with Gasteiger partial charge >= 0.3 is 5.97 Å². The molecule has 2 aliphatic rings. The third-order valence-corrected chi connectivity index (χ3v) is 6.33. The van der Waals surface area contributed by atoms with Crippen molar-refractivity contribution in [2.45, 2.75) is 47.1 Å². The number of esters is 1. The Balaban J connectivity index is 1.66. The van der Waals surface area contributed by atoms with E-state index >= 15 is 0 Å². The third kappa shape index (κ3) is 2.79. The lowest BCUT2D eigenvalue weighted by atomic mass is 9.67. The molecule has 24 heavy (non-hydrogen) atoms.